The zero-order valence-corrected chi connectivity index (χ0v) is 12.3. The summed E-state index contributed by atoms with van der Waals surface area (Å²) in [6.45, 7) is 1.29. The number of carbonyl (C=O) groups is 1. The number of alkyl halides is 9. The van der Waals surface area contributed by atoms with Crippen LogP contribution in [0.1, 0.15) is 32.6 Å². The van der Waals surface area contributed by atoms with Gasteiger partial charge in [-0.15, -0.1) is 0 Å². The smallest absolute Gasteiger partial charge is 0.351 e. The first kappa shape index (κ1) is 20.8. The Bertz CT molecular complexity index is 483. The minimum absolute atomic E-state index is 0.110. The normalized spacial score (nSPS) is 27.9. The maximum atomic E-state index is 13.8. The molecule has 1 amide bonds. The van der Waals surface area contributed by atoms with Crippen molar-refractivity contribution >= 4 is 5.91 Å². The Labute approximate surface area is 130 Å². The van der Waals surface area contributed by atoms with E-state index in [9.17, 15) is 44.3 Å². The molecule has 142 valence electrons. The molecule has 1 heterocycles. The van der Waals surface area contributed by atoms with Gasteiger partial charge in [0.1, 0.15) is 0 Å². The van der Waals surface area contributed by atoms with Gasteiger partial charge >= 0.3 is 29.7 Å². The van der Waals surface area contributed by atoms with Crippen LogP contribution in [-0.2, 0) is 9.53 Å². The van der Waals surface area contributed by atoms with Crippen LogP contribution in [0, 0.1) is 0 Å². The fourth-order valence-electron chi connectivity index (χ4n) is 1.96. The van der Waals surface area contributed by atoms with E-state index in [4.69, 9.17) is 0 Å². The second-order valence-corrected chi connectivity index (χ2v) is 5.25. The first-order valence-electron chi connectivity index (χ1n) is 6.87. The number of hydrogen-bond donors (Lipinski definition) is 1. The van der Waals surface area contributed by atoms with Gasteiger partial charge in [-0.25, -0.2) is 0 Å². The maximum Gasteiger partial charge on any atom is 0.428 e. The predicted molar refractivity (Wildman–Crippen MR) is 61.9 cm³/mol. The van der Waals surface area contributed by atoms with E-state index in [2.05, 4.69) is 4.74 Å². The molecule has 1 rings (SSSR count). The lowest BCUT2D eigenvalue weighted by atomic mass is 9.99. The monoisotopic (exact) mass is 375 g/mol. The highest BCUT2D eigenvalue weighted by Crippen LogP contribution is 2.64. The van der Waals surface area contributed by atoms with Gasteiger partial charge < -0.3 is 5.32 Å². The molecule has 1 atom stereocenters. The maximum absolute atomic E-state index is 13.8. The van der Waals surface area contributed by atoms with E-state index in [1.807, 2.05) is 0 Å². The first-order valence-corrected chi connectivity index (χ1v) is 6.87. The van der Waals surface area contributed by atoms with Gasteiger partial charge in [0, 0.05) is 6.54 Å². The van der Waals surface area contributed by atoms with Gasteiger partial charge in [-0.3, -0.25) is 9.53 Å². The molecule has 0 aromatic heterocycles. The van der Waals surface area contributed by atoms with Crippen molar-refractivity contribution in [3.8, 4) is 0 Å². The summed E-state index contributed by atoms with van der Waals surface area (Å²) in [6.07, 6.45) is -4.28. The lowest BCUT2D eigenvalue weighted by Gasteiger charge is -2.31. The Balaban J connectivity index is 2.98. The molecule has 24 heavy (non-hydrogen) atoms. The summed E-state index contributed by atoms with van der Waals surface area (Å²) >= 11 is 0. The van der Waals surface area contributed by atoms with E-state index in [0.717, 1.165) is 6.42 Å². The van der Waals surface area contributed by atoms with Crippen molar-refractivity contribution in [3.63, 3.8) is 0 Å². The molecular formula is C12H14F9NO2. The quantitative estimate of drug-likeness (QED) is 0.542. The number of halogens is 9. The van der Waals surface area contributed by atoms with Crippen molar-refractivity contribution < 1.29 is 49.0 Å². The molecule has 3 nitrogen and oxygen atoms in total. The van der Waals surface area contributed by atoms with Crippen molar-refractivity contribution in [1.82, 2.24) is 5.32 Å². The van der Waals surface area contributed by atoms with Gasteiger partial charge in [-0.1, -0.05) is 26.2 Å². The van der Waals surface area contributed by atoms with Crippen LogP contribution in [0.5, 0.6) is 0 Å². The van der Waals surface area contributed by atoms with Gasteiger partial charge in [0.25, 0.3) is 5.91 Å². The molecule has 1 fully saturated rings. The SMILES string of the molecule is CCCCCCNC(=O)C(F)(F)[C@]1(F)OC(F)(F)C(F)(F)C1(F)F. The zero-order chi connectivity index (χ0) is 19.0. The van der Waals surface area contributed by atoms with Crippen molar-refractivity contribution in [2.45, 2.75) is 62.3 Å². The Morgan fingerprint density at radius 2 is 1.50 bits per heavy atom. The van der Waals surface area contributed by atoms with E-state index >= 15 is 0 Å². The third kappa shape index (κ3) is 2.82. The molecule has 1 saturated heterocycles. The van der Waals surface area contributed by atoms with Crippen LogP contribution in [0.4, 0.5) is 39.5 Å². The molecule has 0 aliphatic carbocycles. The fraction of sp³-hybridized carbons (Fsp3) is 0.917. The topological polar surface area (TPSA) is 38.3 Å². The van der Waals surface area contributed by atoms with Gasteiger partial charge in [0.2, 0.25) is 0 Å². The van der Waals surface area contributed by atoms with E-state index in [-0.39, 0.29) is 6.42 Å². The minimum atomic E-state index is -6.65. The van der Waals surface area contributed by atoms with Crippen LogP contribution in [0.15, 0.2) is 0 Å². The molecule has 0 radical (unpaired) electrons. The van der Waals surface area contributed by atoms with Crippen LogP contribution >= 0.6 is 0 Å². The average Bonchev–Trinajstić information content (AvgIpc) is 2.54. The van der Waals surface area contributed by atoms with Crippen molar-refractivity contribution in [1.29, 1.82) is 0 Å². The van der Waals surface area contributed by atoms with Crippen LogP contribution in [0.3, 0.4) is 0 Å². The van der Waals surface area contributed by atoms with Crippen LogP contribution in [0.25, 0.3) is 0 Å². The van der Waals surface area contributed by atoms with E-state index in [1.165, 1.54) is 5.32 Å². The molecule has 0 spiro atoms. The summed E-state index contributed by atoms with van der Waals surface area (Å²) in [5.41, 5.74) is 0. The summed E-state index contributed by atoms with van der Waals surface area (Å²) in [6, 6.07) is 0. The largest absolute Gasteiger partial charge is 0.428 e. The van der Waals surface area contributed by atoms with Gasteiger partial charge in [0.15, 0.2) is 0 Å². The fourth-order valence-corrected chi connectivity index (χ4v) is 1.96. The van der Waals surface area contributed by atoms with Gasteiger partial charge in [0.05, 0.1) is 0 Å². The van der Waals surface area contributed by atoms with Crippen LogP contribution < -0.4 is 5.32 Å². The molecule has 1 aliphatic heterocycles. The Morgan fingerprint density at radius 3 is 1.92 bits per heavy atom. The number of unbranched alkanes of at least 4 members (excludes halogenated alkanes) is 3. The molecular weight excluding hydrogens is 361 g/mol. The Morgan fingerprint density at radius 1 is 0.958 bits per heavy atom. The Hall–Kier alpha value is -1.20. The third-order valence-corrected chi connectivity index (χ3v) is 3.44. The van der Waals surface area contributed by atoms with E-state index in [1.54, 1.807) is 6.92 Å². The van der Waals surface area contributed by atoms with Crippen molar-refractivity contribution in [2.75, 3.05) is 6.54 Å². The lowest BCUT2D eigenvalue weighted by Crippen LogP contribution is -2.64. The van der Waals surface area contributed by atoms with Gasteiger partial charge in [-0.2, -0.15) is 39.5 Å². The number of nitrogens with one attached hydrogen (secondary N) is 1. The third-order valence-electron chi connectivity index (χ3n) is 3.44. The summed E-state index contributed by atoms with van der Waals surface area (Å²) < 4.78 is 121. The molecule has 1 aliphatic rings. The summed E-state index contributed by atoms with van der Waals surface area (Å²) in [4.78, 5) is 11.2. The highest BCUT2D eigenvalue weighted by atomic mass is 19.4. The Kier molecular flexibility index (Phi) is 5.44. The molecule has 0 bridgehead atoms. The lowest BCUT2D eigenvalue weighted by molar-refractivity contribution is -0.367. The van der Waals surface area contributed by atoms with Crippen molar-refractivity contribution in [2.24, 2.45) is 0 Å². The summed E-state index contributed by atoms with van der Waals surface area (Å²) in [7, 11) is 0. The van der Waals surface area contributed by atoms with Gasteiger partial charge in [-0.05, 0) is 6.42 Å². The minimum Gasteiger partial charge on any atom is -0.351 e. The van der Waals surface area contributed by atoms with E-state index in [0.29, 0.717) is 12.8 Å². The van der Waals surface area contributed by atoms with Crippen LogP contribution in [-0.4, -0.2) is 42.2 Å². The predicted octanol–water partition coefficient (Wildman–Crippen LogP) is 3.88. The number of carbonyl (C=O) groups excluding carboxylic acids is 1. The number of hydrogen-bond acceptors (Lipinski definition) is 2. The zero-order valence-electron chi connectivity index (χ0n) is 12.3. The molecule has 0 aromatic rings. The highest BCUT2D eigenvalue weighted by Gasteiger charge is 2.96. The highest BCUT2D eigenvalue weighted by molar-refractivity contribution is 5.85. The molecule has 0 unspecified atom stereocenters. The van der Waals surface area contributed by atoms with Crippen LogP contribution in [0.2, 0.25) is 0 Å². The number of rotatable bonds is 7. The number of ether oxygens (including phenoxy) is 1. The standard InChI is InChI=1S/C12H14F9NO2/c1-2-3-4-5-6-22-7(23)8(13,14)11(19)9(15,16)10(17,18)12(20,21)24-11/h2-6H2,1H3,(H,22,23)/t11-/m0/s1. The number of amides is 1. The summed E-state index contributed by atoms with van der Waals surface area (Å²) in [5.74, 6) is -28.2. The van der Waals surface area contributed by atoms with Crippen molar-refractivity contribution in [3.05, 3.63) is 0 Å². The molecule has 12 heteroatoms. The molecule has 0 aromatic carbocycles. The summed E-state index contributed by atoms with van der Waals surface area (Å²) in [5, 5.41) is 1.34. The first-order chi connectivity index (χ1) is 10.7. The second-order valence-electron chi connectivity index (χ2n) is 5.25. The molecule has 0 saturated carbocycles. The average molecular weight is 375 g/mol. The van der Waals surface area contributed by atoms with E-state index < -0.39 is 42.2 Å². The second kappa shape index (κ2) is 6.26. The molecule has 1 N–H and O–H groups in total.